The van der Waals surface area contributed by atoms with E-state index >= 15 is 0 Å². The normalized spacial score (nSPS) is 12.4. The lowest BCUT2D eigenvalue weighted by molar-refractivity contribution is -0.659. The van der Waals surface area contributed by atoms with Crippen molar-refractivity contribution in [1.82, 2.24) is 15.0 Å². The van der Waals surface area contributed by atoms with Gasteiger partial charge in [-0.1, -0.05) is 95.1 Å². The summed E-state index contributed by atoms with van der Waals surface area (Å²) in [6.07, 6.45) is 6.58. The smallest absolute Gasteiger partial charge is 0.213 e. The Bertz CT molecular complexity index is 5110. The van der Waals surface area contributed by atoms with Crippen LogP contribution in [-0.2, 0) is 21.1 Å². The largest absolute Gasteiger partial charge is 0.246 e. The second kappa shape index (κ2) is 19.8. The summed E-state index contributed by atoms with van der Waals surface area (Å²) in [7, 11) is 6.27. The molecule has 0 saturated heterocycles. The molecule has 0 aliphatic heterocycles. The number of benzene rings is 6. The van der Waals surface area contributed by atoms with Crippen LogP contribution in [0.3, 0.4) is 0 Å². The predicted molar refractivity (Wildman–Crippen MR) is 337 cm³/mol. The molecular formula is C70H59N6S3+3. The van der Waals surface area contributed by atoms with Crippen molar-refractivity contribution in [3.8, 4) is 33.8 Å². The molecule has 0 radical (unpaired) electrons. The van der Waals surface area contributed by atoms with E-state index in [4.69, 9.17) is 19.1 Å². The highest BCUT2D eigenvalue weighted by molar-refractivity contribution is 7.26. The lowest BCUT2D eigenvalue weighted by Gasteiger charge is -2.05. The molecule has 0 bridgehead atoms. The first-order valence-corrected chi connectivity index (χ1v) is 29.0. The molecule has 0 aliphatic carbocycles. The van der Waals surface area contributed by atoms with Crippen LogP contribution in [0.5, 0.6) is 0 Å². The van der Waals surface area contributed by atoms with E-state index in [1.54, 1.807) is 23.5 Å². The van der Waals surface area contributed by atoms with Gasteiger partial charge in [-0.2, -0.15) is 0 Å². The lowest BCUT2D eigenvalue weighted by atomic mass is 10.0. The Morgan fingerprint density at radius 2 is 0.722 bits per heavy atom. The minimum Gasteiger partial charge on any atom is -0.246 e. The van der Waals surface area contributed by atoms with Crippen molar-refractivity contribution in [3.05, 3.63) is 215 Å². The van der Waals surface area contributed by atoms with Crippen molar-refractivity contribution < 1.29 is 17.8 Å². The van der Waals surface area contributed by atoms with Crippen molar-refractivity contribution in [2.24, 2.45) is 21.1 Å². The number of rotatable bonds is 3. The van der Waals surface area contributed by atoms with Gasteiger partial charge in [-0.3, -0.25) is 0 Å². The first-order valence-electron chi connectivity index (χ1n) is 28.0. The third-order valence-electron chi connectivity index (χ3n) is 15.3. The zero-order chi connectivity index (χ0) is 56.9. The van der Waals surface area contributed by atoms with Gasteiger partial charge in [0.25, 0.3) is 0 Å². The lowest BCUT2D eigenvalue weighted by Crippen LogP contribution is -2.30. The molecule has 0 spiro atoms. The van der Waals surface area contributed by atoms with E-state index < -0.39 is 6.85 Å². The van der Waals surface area contributed by atoms with Crippen LogP contribution in [0.25, 0.3) is 127 Å². The monoisotopic (exact) mass is 1080 g/mol. The second-order valence-corrected chi connectivity index (χ2v) is 24.5. The van der Waals surface area contributed by atoms with Crippen LogP contribution in [0.4, 0.5) is 0 Å². The summed E-state index contributed by atoms with van der Waals surface area (Å²) < 4.78 is 36.9. The van der Waals surface area contributed by atoms with Crippen molar-refractivity contribution in [2.75, 3.05) is 0 Å². The Kier molecular flexibility index (Phi) is 11.7. The summed E-state index contributed by atoms with van der Waals surface area (Å²) >= 11 is 5.40. The van der Waals surface area contributed by atoms with Crippen LogP contribution in [0.2, 0.25) is 0 Å². The zero-order valence-corrected chi connectivity index (χ0v) is 48.1. The maximum atomic E-state index is 7.65. The number of fused-ring (bicyclic) bond motifs is 12. The second-order valence-electron chi connectivity index (χ2n) is 21.2. The highest BCUT2D eigenvalue weighted by atomic mass is 32.1. The number of para-hydroxylation sites is 1. The van der Waals surface area contributed by atoms with Gasteiger partial charge in [-0.05, 0) is 132 Å². The zero-order valence-electron chi connectivity index (χ0n) is 48.7. The van der Waals surface area contributed by atoms with Crippen LogP contribution in [0.1, 0.15) is 43.1 Å². The molecule has 0 unspecified atom stereocenters. The summed E-state index contributed by atoms with van der Waals surface area (Å²) in [5, 5.41) is 7.17. The van der Waals surface area contributed by atoms with E-state index in [0.29, 0.717) is 5.56 Å². The number of hydrogen-bond donors (Lipinski definition) is 0. The molecule has 6 aromatic carbocycles. The first kappa shape index (κ1) is 46.7. The molecule has 9 heterocycles. The molecule has 0 atom stereocenters. The molecule has 15 aromatic rings. The Balaban J connectivity index is 0.000000116. The quantitative estimate of drug-likeness (QED) is 0.166. The van der Waals surface area contributed by atoms with Crippen molar-refractivity contribution in [3.63, 3.8) is 0 Å². The maximum Gasteiger partial charge on any atom is 0.213 e. The van der Waals surface area contributed by atoms with Gasteiger partial charge in [-0.15, -0.1) is 34.0 Å². The maximum absolute atomic E-state index is 7.65. The van der Waals surface area contributed by atoms with Gasteiger partial charge in [0.15, 0.2) is 18.6 Å². The molecule has 0 amide bonds. The highest BCUT2D eigenvalue weighted by Crippen LogP contribution is 2.39. The van der Waals surface area contributed by atoms with Crippen molar-refractivity contribution >= 4 is 128 Å². The minimum atomic E-state index is -2.09. The Hall–Kier alpha value is -8.34. The van der Waals surface area contributed by atoms with E-state index in [-0.39, 0.29) is 0 Å². The van der Waals surface area contributed by atoms with E-state index in [2.05, 4.69) is 214 Å². The average Bonchev–Trinajstić information content (AvgIpc) is 3.90. The van der Waals surface area contributed by atoms with Crippen molar-refractivity contribution in [1.29, 1.82) is 0 Å². The van der Waals surface area contributed by atoms with Gasteiger partial charge in [-0.25, -0.2) is 28.7 Å². The van der Waals surface area contributed by atoms with E-state index in [1.807, 2.05) is 48.8 Å². The van der Waals surface area contributed by atoms with E-state index in [1.165, 1.54) is 100 Å². The summed E-state index contributed by atoms with van der Waals surface area (Å²) in [6.45, 7) is 10.6. The van der Waals surface area contributed by atoms with Crippen LogP contribution < -0.4 is 13.7 Å². The summed E-state index contributed by atoms with van der Waals surface area (Å²) in [4.78, 5) is 14.8. The van der Waals surface area contributed by atoms with Gasteiger partial charge >= 0.3 is 0 Å². The van der Waals surface area contributed by atoms with Gasteiger partial charge in [0.05, 0.1) is 63.4 Å². The van der Waals surface area contributed by atoms with Crippen LogP contribution in [-0.4, -0.2) is 15.0 Å². The standard InChI is InChI=1S/2C24H21N2S.C22H17N2S/c2*1-14-5-7-18(16(3)9-14)21-12-22-19(13-26(21)4)24-23(27-22)11-17-10-15(2)6-8-20(17)25-24;1-14-7-3-5-9-16(14)19-12-20-17(13-24(19)2)22-21(25-20)11-15-8-4-6-10-18(15)23-22/h2*5-13H,1-4H3;3-13H,1-2H3/q3*+1/i1D3;;. The molecule has 384 valence electrons. The fraction of sp³-hybridized carbons (Fsp3) is 0.143. The molecule has 9 heteroatoms. The SMILES string of the molecule is Cc1ccc(-c2cc3sc4cc5cc(C)ccc5nc4c3c[n+]2C)c(C)c1.Cc1ccccc1-c1cc2sc3cc4ccccc4nc3c2c[n+]1C.[2H]C([2H])([2H])c1ccc(-c2cc3sc4cc5cc(C)ccc5nc4c3c[n+]2C)c(C)c1. The first-order chi connectivity index (χ1) is 39.4. The summed E-state index contributed by atoms with van der Waals surface area (Å²) in [6, 6.07) is 55.3. The molecule has 6 nitrogen and oxygen atoms in total. The van der Waals surface area contributed by atoms with Gasteiger partial charge in [0, 0.05) is 69.3 Å². The van der Waals surface area contributed by atoms with Gasteiger partial charge in [0.1, 0.15) is 21.1 Å². The van der Waals surface area contributed by atoms with Crippen LogP contribution >= 0.6 is 34.0 Å². The Morgan fingerprint density at radius 3 is 1.19 bits per heavy atom. The number of pyridine rings is 6. The summed E-state index contributed by atoms with van der Waals surface area (Å²) in [5.41, 5.74) is 21.3. The number of hydrogen-bond acceptors (Lipinski definition) is 6. The number of aromatic nitrogens is 6. The van der Waals surface area contributed by atoms with Crippen LogP contribution in [0, 0.1) is 48.4 Å². The number of aryl methyl sites for hydroxylation is 10. The third kappa shape index (κ3) is 9.25. The molecule has 0 N–H and O–H groups in total. The van der Waals surface area contributed by atoms with E-state index in [9.17, 15) is 0 Å². The minimum absolute atomic E-state index is 0.375. The Labute approximate surface area is 476 Å². The molecular weight excluding hydrogens is 1020 g/mol. The van der Waals surface area contributed by atoms with Gasteiger partial charge < -0.3 is 0 Å². The third-order valence-corrected chi connectivity index (χ3v) is 18.5. The summed E-state index contributed by atoms with van der Waals surface area (Å²) in [5.74, 6) is 0. The molecule has 0 fully saturated rings. The van der Waals surface area contributed by atoms with E-state index in [0.717, 1.165) is 60.7 Å². The fourth-order valence-electron chi connectivity index (χ4n) is 11.2. The number of nitrogens with zero attached hydrogens (tertiary/aromatic N) is 6. The molecule has 0 saturated carbocycles. The number of thiophene rings is 3. The predicted octanol–water partition coefficient (Wildman–Crippen LogP) is 17.4. The fourth-order valence-corrected chi connectivity index (χ4v) is 14.5. The molecule has 0 aliphatic rings. The molecule has 9 aromatic heterocycles. The highest BCUT2D eigenvalue weighted by Gasteiger charge is 2.22. The topological polar surface area (TPSA) is 50.3 Å². The average molecular weight is 1080 g/mol. The van der Waals surface area contributed by atoms with Crippen molar-refractivity contribution in [2.45, 2.75) is 48.4 Å². The molecule has 15 rings (SSSR count). The Morgan fingerprint density at radius 1 is 0.342 bits per heavy atom. The van der Waals surface area contributed by atoms with Gasteiger partial charge in [0.2, 0.25) is 17.1 Å². The van der Waals surface area contributed by atoms with Crippen LogP contribution in [0.15, 0.2) is 176 Å². The molecule has 79 heavy (non-hydrogen) atoms.